The van der Waals surface area contributed by atoms with Gasteiger partial charge in [0.25, 0.3) is 5.91 Å². The Morgan fingerprint density at radius 2 is 2.00 bits per heavy atom. The second kappa shape index (κ2) is 4.79. The third-order valence-electron chi connectivity index (χ3n) is 2.83. The summed E-state index contributed by atoms with van der Waals surface area (Å²) < 4.78 is 0. The average molecular weight is 237 g/mol. The lowest BCUT2D eigenvalue weighted by atomic mass is 9.98. The number of aromatic nitrogens is 2. The van der Waals surface area contributed by atoms with Crippen LogP contribution in [0.1, 0.15) is 42.5 Å². The fraction of sp³-hybridized carbons (Fsp3) is 0.583. The summed E-state index contributed by atoms with van der Waals surface area (Å²) in [5, 5.41) is 20.1. The Labute approximate surface area is 101 Å². The summed E-state index contributed by atoms with van der Waals surface area (Å²) in [5.74, 6) is -0.244. The van der Waals surface area contributed by atoms with Crippen LogP contribution in [0.5, 0.6) is 0 Å². The molecule has 1 heterocycles. The van der Waals surface area contributed by atoms with Crippen molar-refractivity contribution in [1.82, 2.24) is 15.5 Å². The van der Waals surface area contributed by atoms with Crippen LogP contribution in [0.25, 0.3) is 0 Å². The van der Waals surface area contributed by atoms with Gasteiger partial charge in [0.2, 0.25) is 0 Å². The smallest absolute Gasteiger partial charge is 0.253 e. The maximum atomic E-state index is 12.0. The fourth-order valence-corrected chi connectivity index (χ4v) is 1.24. The Hall–Kier alpha value is -1.49. The van der Waals surface area contributed by atoms with E-state index in [1.807, 2.05) is 0 Å². The average Bonchev–Trinajstić information content (AvgIpc) is 2.20. The van der Waals surface area contributed by atoms with E-state index in [0.717, 1.165) is 0 Å². The molecule has 1 atom stereocenters. The number of hydrogen-bond donors (Lipinski definition) is 2. The molecule has 0 radical (unpaired) electrons. The molecule has 94 valence electrons. The number of hydrogen-bond acceptors (Lipinski definition) is 4. The predicted octanol–water partition coefficient (Wildman–Crippen LogP) is 0.983. The van der Waals surface area contributed by atoms with E-state index in [4.69, 9.17) is 0 Å². The maximum Gasteiger partial charge on any atom is 0.253 e. The molecule has 1 aromatic rings. The van der Waals surface area contributed by atoms with E-state index in [1.54, 1.807) is 40.7 Å². The zero-order valence-electron chi connectivity index (χ0n) is 10.9. The minimum Gasteiger partial charge on any atom is -0.391 e. The third-order valence-corrected chi connectivity index (χ3v) is 2.83. The minimum atomic E-state index is -0.680. The lowest BCUT2D eigenvalue weighted by Crippen LogP contribution is -2.51. The van der Waals surface area contributed by atoms with Gasteiger partial charge in [-0.05, 0) is 40.7 Å². The Morgan fingerprint density at radius 1 is 1.41 bits per heavy atom. The SMILES string of the molecule is Cc1cc(C(=O)NC(C)(C)C(C)O)c(C)nn1. The molecule has 17 heavy (non-hydrogen) atoms. The van der Waals surface area contributed by atoms with Crippen molar-refractivity contribution in [2.45, 2.75) is 46.3 Å². The Morgan fingerprint density at radius 3 is 2.53 bits per heavy atom. The van der Waals surface area contributed by atoms with Crippen molar-refractivity contribution < 1.29 is 9.90 Å². The van der Waals surface area contributed by atoms with Crippen molar-refractivity contribution in [3.05, 3.63) is 23.0 Å². The van der Waals surface area contributed by atoms with E-state index in [1.165, 1.54) is 0 Å². The first-order valence-corrected chi connectivity index (χ1v) is 5.55. The van der Waals surface area contributed by atoms with E-state index < -0.39 is 11.6 Å². The molecule has 0 fully saturated rings. The molecule has 0 aliphatic rings. The highest BCUT2D eigenvalue weighted by Gasteiger charge is 2.27. The predicted molar refractivity (Wildman–Crippen MR) is 64.7 cm³/mol. The number of aliphatic hydroxyl groups excluding tert-OH is 1. The van der Waals surface area contributed by atoms with E-state index in [0.29, 0.717) is 17.0 Å². The van der Waals surface area contributed by atoms with Crippen molar-refractivity contribution in [3.63, 3.8) is 0 Å². The summed E-state index contributed by atoms with van der Waals surface area (Å²) in [6.45, 7) is 8.70. The molecule has 0 spiro atoms. The van der Waals surface area contributed by atoms with Gasteiger partial charge in [-0.1, -0.05) is 0 Å². The van der Waals surface area contributed by atoms with Gasteiger partial charge in [0, 0.05) is 0 Å². The van der Waals surface area contributed by atoms with E-state index in [9.17, 15) is 9.90 Å². The molecule has 5 heteroatoms. The number of carbonyl (C=O) groups is 1. The van der Waals surface area contributed by atoms with Crippen LogP contribution in [0.15, 0.2) is 6.07 Å². The number of amides is 1. The van der Waals surface area contributed by atoms with Gasteiger partial charge < -0.3 is 10.4 Å². The first kappa shape index (κ1) is 13.6. The lowest BCUT2D eigenvalue weighted by molar-refractivity contribution is 0.0708. The van der Waals surface area contributed by atoms with Gasteiger partial charge in [0.1, 0.15) is 0 Å². The molecule has 1 rings (SSSR count). The van der Waals surface area contributed by atoms with Gasteiger partial charge in [-0.2, -0.15) is 10.2 Å². The summed E-state index contributed by atoms with van der Waals surface area (Å²) in [5.41, 5.74) is 1.08. The van der Waals surface area contributed by atoms with Crippen LogP contribution in [0, 0.1) is 13.8 Å². The highest BCUT2D eigenvalue weighted by atomic mass is 16.3. The van der Waals surface area contributed by atoms with Crippen molar-refractivity contribution in [3.8, 4) is 0 Å². The van der Waals surface area contributed by atoms with Crippen molar-refractivity contribution in [1.29, 1.82) is 0 Å². The van der Waals surface area contributed by atoms with Crippen LogP contribution in [-0.2, 0) is 0 Å². The number of rotatable bonds is 3. The first-order valence-electron chi connectivity index (χ1n) is 5.55. The van der Waals surface area contributed by atoms with Gasteiger partial charge in [0.05, 0.1) is 28.6 Å². The normalized spacial score (nSPS) is 13.3. The Bertz CT molecular complexity index is 428. The van der Waals surface area contributed by atoms with Gasteiger partial charge in [-0.25, -0.2) is 0 Å². The Kier molecular flexibility index (Phi) is 3.83. The highest BCUT2D eigenvalue weighted by Crippen LogP contribution is 2.12. The van der Waals surface area contributed by atoms with Crippen LogP contribution >= 0.6 is 0 Å². The molecule has 1 amide bonds. The third kappa shape index (κ3) is 3.23. The minimum absolute atomic E-state index is 0.244. The van der Waals surface area contributed by atoms with Crippen LogP contribution in [0.2, 0.25) is 0 Å². The monoisotopic (exact) mass is 237 g/mol. The lowest BCUT2D eigenvalue weighted by Gasteiger charge is -2.29. The molecule has 0 aliphatic heterocycles. The first-order chi connectivity index (χ1) is 7.74. The van der Waals surface area contributed by atoms with Crippen LogP contribution in [0.4, 0.5) is 0 Å². The molecule has 0 bridgehead atoms. The van der Waals surface area contributed by atoms with E-state index in [-0.39, 0.29) is 5.91 Å². The highest BCUT2D eigenvalue weighted by molar-refractivity contribution is 5.95. The molecule has 2 N–H and O–H groups in total. The summed E-state index contributed by atoms with van der Waals surface area (Å²) in [6, 6.07) is 1.69. The maximum absolute atomic E-state index is 12.0. The van der Waals surface area contributed by atoms with Gasteiger partial charge in [0.15, 0.2) is 0 Å². The quantitative estimate of drug-likeness (QED) is 0.821. The number of aliphatic hydroxyl groups is 1. The summed E-state index contributed by atoms with van der Waals surface area (Å²) in [7, 11) is 0. The Balaban J connectivity index is 2.94. The van der Waals surface area contributed by atoms with Crippen molar-refractivity contribution in [2.24, 2.45) is 0 Å². The van der Waals surface area contributed by atoms with Crippen molar-refractivity contribution >= 4 is 5.91 Å². The summed E-state index contributed by atoms with van der Waals surface area (Å²) in [4.78, 5) is 12.0. The number of aryl methyl sites for hydroxylation is 2. The second-order valence-corrected chi connectivity index (χ2v) is 4.84. The van der Waals surface area contributed by atoms with Crippen LogP contribution in [-0.4, -0.2) is 32.9 Å². The zero-order chi connectivity index (χ0) is 13.2. The number of nitrogens with one attached hydrogen (secondary N) is 1. The largest absolute Gasteiger partial charge is 0.391 e. The van der Waals surface area contributed by atoms with Gasteiger partial charge in [-0.3, -0.25) is 4.79 Å². The molecule has 0 saturated heterocycles. The zero-order valence-corrected chi connectivity index (χ0v) is 10.9. The molecule has 0 aromatic carbocycles. The van der Waals surface area contributed by atoms with Crippen LogP contribution in [0.3, 0.4) is 0 Å². The van der Waals surface area contributed by atoms with E-state index >= 15 is 0 Å². The molecular weight excluding hydrogens is 218 g/mol. The van der Waals surface area contributed by atoms with Crippen LogP contribution < -0.4 is 5.32 Å². The standard InChI is InChI=1S/C12H19N3O2/c1-7-6-10(8(2)15-14-7)11(17)13-12(4,5)9(3)16/h6,9,16H,1-5H3,(H,13,17). The molecule has 0 saturated carbocycles. The second-order valence-electron chi connectivity index (χ2n) is 4.84. The molecule has 5 nitrogen and oxygen atoms in total. The van der Waals surface area contributed by atoms with Gasteiger partial charge >= 0.3 is 0 Å². The topological polar surface area (TPSA) is 75.1 Å². The van der Waals surface area contributed by atoms with E-state index in [2.05, 4.69) is 15.5 Å². The molecule has 0 aliphatic carbocycles. The molecular formula is C12H19N3O2. The molecule has 1 unspecified atom stereocenters. The van der Waals surface area contributed by atoms with Gasteiger partial charge in [-0.15, -0.1) is 0 Å². The number of nitrogens with zero attached hydrogens (tertiary/aromatic N) is 2. The van der Waals surface area contributed by atoms with Crippen molar-refractivity contribution in [2.75, 3.05) is 0 Å². The number of carbonyl (C=O) groups excluding carboxylic acids is 1. The molecule has 1 aromatic heterocycles. The fourth-order valence-electron chi connectivity index (χ4n) is 1.24. The summed E-state index contributed by atoms with van der Waals surface area (Å²) in [6.07, 6.45) is -0.636. The summed E-state index contributed by atoms with van der Waals surface area (Å²) >= 11 is 0.